The van der Waals surface area contributed by atoms with Crippen LogP contribution < -0.4 is 25.0 Å². The molecular weight excluding hydrogens is 980 g/mol. The van der Waals surface area contributed by atoms with Crippen molar-refractivity contribution in [1.29, 1.82) is 0 Å². The quantitative estimate of drug-likeness (QED) is 0.0603. The lowest BCUT2D eigenvalue weighted by Gasteiger charge is -2.30. The van der Waals surface area contributed by atoms with E-state index in [1.807, 2.05) is 88.4 Å². The van der Waals surface area contributed by atoms with Crippen molar-refractivity contribution in [2.75, 3.05) is 44.9 Å². The molecule has 6 heterocycles. The number of carbonyl (C=O) groups is 2. The van der Waals surface area contributed by atoms with Gasteiger partial charge in [-0.25, -0.2) is 9.07 Å². The molecule has 4 fully saturated rings. The summed E-state index contributed by atoms with van der Waals surface area (Å²) in [5.41, 5.74) is 7.91. The zero-order valence-electron chi connectivity index (χ0n) is 44.0. The molecule has 6 atom stereocenters. The van der Waals surface area contributed by atoms with Crippen molar-refractivity contribution in [3.8, 4) is 51.0 Å². The van der Waals surface area contributed by atoms with Gasteiger partial charge in [-0.1, -0.05) is 73.7 Å². The van der Waals surface area contributed by atoms with E-state index in [4.69, 9.17) is 24.2 Å². The van der Waals surface area contributed by atoms with Gasteiger partial charge in [0.05, 0.1) is 24.9 Å². The molecule has 77 heavy (non-hydrogen) atoms. The molecule has 4 aliphatic rings. The maximum absolute atomic E-state index is 16.1. The molecule has 11 rings (SSSR count). The van der Waals surface area contributed by atoms with Crippen molar-refractivity contribution in [3.05, 3.63) is 126 Å². The minimum atomic E-state index is -0.739. The van der Waals surface area contributed by atoms with Gasteiger partial charge in [0.15, 0.2) is 5.75 Å². The second-order valence-electron chi connectivity index (χ2n) is 21.3. The number of benzene rings is 4. The van der Waals surface area contributed by atoms with E-state index < -0.39 is 23.9 Å². The smallest absolute Gasteiger partial charge is 0.319 e. The number of nitrogens with one attached hydrogen (secondary N) is 2. The number of piperazine rings is 1. The summed E-state index contributed by atoms with van der Waals surface area (Å²) in [6.07, 6.45) is 7.28. The molecule has 4 N–H and O–H groups in total. The molecule has 3 aliphatic heterocycles. The largest absolute Gasteiger partial charge is 0.508 e. The van der Waals surface area contributed by atoms with Crippen molar-refractivity contribution in [1.82, 2.24) is 45.5 Å². The number of nitrogens with zero attached hydrogens (tertiary/aromatic N) is 8. The molecule has 1 aliphatic carbocycles. The Hall–Kier alpha value is -7.54. The number of pyridine rings is 1. The van der Waals surface area contributed by atoms with Crippen LogP contribution in [0.3, 0.4) is 0 Å². The summed E-state index contributed by atoms with van der Waals surface area (Å²) in [6.45, 7) is 9.75. The van der Waals surface area contributed by atoms with E-state index in [9.17, 15) is 19.8 Å². The number of fused-ring (bicyclic) bond motifs is 3. The van der Waals surface area contributed by atoms with E-state index in [0.29, 0.717) is 48.0 Å². The fourth-order valence-electron chi connectivity index (χ4n) is 11.3. The Bertz CT molecular complexity index is 3300. The molecule has 0 unspecified atom stereocenters. The van der Waals surface area contributed by atoms with Gasteiger partial charge >= 0.3 is 6.01 Å². The maximum atomic E-state index is 16.1. The number of ether oxygens (including phenoxy) is 3. The Morgan fingerprint density at radius 3 is 2.44 bits per heavy atom. The van der Waals surface area contributed by atoms with Crippen LogP contribution in [0, 0.1) is 18.7 Å². The summed E-state index contributed by atoms with van der Waals surface area (Å²) in [7, 11) is 1.62. The number of phenols is 1. The van der Waals surface area contributed by atoms with Gasteiger partial charge in [-0.2, -0.15) is 9.97 Å². The van der Waals surface area contributed by atoms with Gasteiger partial charge in [0.25, 0.3) is 0 Å². The first kappa shape index (κ1) is 51.6. The van der Waals surface area contributed by atoms with Gasteiger partial charge in [-0.15, -0.1) is 5.10 Å². The minimum absolute atomic E-state index is 0.0710. The number of aliphatic hydroxyl groups is 1. The van der Waals surface area contributed by atoms with Crippen molar-refractivity contribution in [2.45, 2.75) is 109 Å². The third-order valence-electron chi connectivity index (χ3n) is 15.6. The topological polar surface area (TPSA) is 202 Å². The SMILES string of the molecule is CO[C@@H](C)COc1nc(N2C[C@@H]3C[C@H]2CN3)c2cc(C3CC3)c(-c3cc(O)ccc3F)c(OCc3ccc(-c4cn([C@H](C(=O)N5CCC[C@H]5C(=O)N[C@@H](CO)c5ccc(-c6cccnc6C)cc5)C(C)C)nn4)cc3)c2n1. The lowest BCUT2D eigenvalue weighted by molar-refractivity contribution is -0.142. The molecular formula is C59H65FN10O7. The van der Waals surface area contributed by atoms with Crippen LogP contribution in [0.15, 0.2) is 97.3 Å². The van der Waals surface area contributed by atoms with Crippen LogP contribution in [0.2, 0.25) is 0 Å². The van der Waals surface area contributed by atoms with Crippen molar-refractivity contribution < 1.29 is 38.4 Å². The van der Waals surface area contributed by atoms with Crippen LogP contribution in [-0.4, -0.2) is 121 Å². The van der Waals surface area contributed by atoms with Gasteiger partial charge in [0.1, 0.15) is 53.9 Å². The number of aromatic nitrogens is 6. The fourth-order valence-corrected chi connectivity index (χ4v) is 11.3. The molecule has 3 aromatic heterocycles. The Morgan fingerprint density at radius 2 is 1.74 bits per heavy atom. The molecule has 0 spiro atoms. The second-order valence-corrected chi connectivity index (χ2v) is 21.3. The van der Waals surface area contributed by atoms with Crippen LogP contribution >= 0.6 is 0 Å². The molecule has 400 valence electrons. The van der Waals surface area contributed by atoms with E-state index in [0.717, 1.165) is 82.6 Å². The number of phenolic OH excluding ortho intramolecular Hbond substituents is 1. The summed E-state index contributed by atoms with van der Waals surface area (Å²) in [4.78, 5) is 46.9. The second kappa shape index (κ2) is 21.8. The Kier molecular flexibility index (Phi) is 14.6. The van der Waals surface area contributed by atoms with Crippen molar-refractivity contribution >= 4 is 28.5 Å². The van der Waals surface area contributed by atoms with Gasteiger partial charge < -0.3 is 44.9 Å². The summed E-state index contributed by atoms with van der Waals surface area (Å²) in [6, 6.07) is 24.0. The number of anilines is 1. The standard InChI is InChI=1S/C59H65FN10O7/c1-33(2)54(58(74)68-23-7-9-51(68)57(73)63-50(30-71)40-18-16-37(17-19-40)44-8-6-22-61-35(44)4)70-29-49(66-67-70)39-12-10-36(11-13-39)32-76-55-52(46-25-43(72)20-21-48(46)60)45(38-14-15-38)26-47-53(55)64-59(77-31-34(3)75-5)65-56(47)69-28-41-24-42(69)27-62-41/h6,8,10-13,16-22,25-26,29,33-34,38,41-42,50-51,54,62,71-72H,7,9,14-15,23-24,27-28,30-32H2,1-5H3,(H,63,73)/t34-,41-,42-,50-,51-,54-/m0/s1. The highest BCUT2D eigenvalue weighted by Crippen LogP contribution is 2.52. The molecule has 4 aromatic carbocycles. The lowest BCUT2D eigenvalue weighted by atomic mass is 9.92. The fraction of sp³-hybridized carbons (Fsp3) is 0.407. The van der Waals surface area contributed by atoms with E-state index in [1.165, 1.54) is 18.2 Å². The van der Waals surface area contributed by atoms with Gasteiger partial charge in [0, 0.05) is 78.4 Å². The number of aromatic hydroxyl groups is 1. The average molecular weight is 1050 g/mol. The first-order valence-corrected chi connectivity index (χ1v) is 26.8. The molecule has 17 nitrogen and oxygen atoms in total. The third kappa shape index (κ3) is 10.5. The molecule has 0 radical (unpaired) electrons. The predicted molar refractivity (Wildman–Crippen MR) is 289 cm³/mol. The van der Waals surface area contributed by atoms with E-state index in [-0.39, 0.29) is 72.9 Å². The van der Waals surface area contributed by atoms with Crippen molar-refractivity contribution in [2.24, 2.45) is 5.92 Å². The van der Waals surface area contributed by atoms with E-state index in [1.54, 1.807) is 29.1 Å². The third-order valence-corrected chi connectivity index (χ3v) is 15.6. The number of hydrogen-bond acceptors (Lipinski definition) is 14. The number of methoxy groups -OCH3 is 1. The monoisotopic (exact) mass is 1040 g/mol. The number of aryl methyl sites for hydroxylation is 1. The highest BCUT2D eigenvalue weighted by molar-refractivity contribution is 6.01. The van der Waals surface area contributed by atoms with Gasteiger partial charge in [-0.05, 0) is 110 Å². The molecule has 7 aromatic rings. The summed E-state index contributed by atoms with van der Waals surface area (Å²) < 4.78 is 36.3. The number of rotatable bonds is 19. The van der Waals surface area contributed by atoms with Crippen LogP contribution in [0.4, 0.5) is 10.2 Å². The molecule has 3 saturated heterocycles. The highest BCUT2D eigenvalue weighted by atomic mass is 19.1. The number of carbonyl (C=O) groups excluding carboxylic acids is 2. The minimum Gasteiger partial charge on any atom is -0.508 e. The van der Waals surface area contributed by atoms with E-state index >= 15 is 4.39 Å². The predicted octanol–water partition coefficient (Wildman–Crippen LogP) is 8.23. The van der Waals surface area contributed by atoms with Crippen LogP contribution in [0.1, 0.15) is 93.3 Å². The first-order valence-electron chi connectivity index (χ1n) is 26.8. The van der Waals surface area contributed by atoms with Gasteiger partial charge in [0.2, 0.25) is 11.8 Å². The van der Waals surface area contributed by atoms with Crippen LogP contribution in [-0.2, 0) is 20.9 Å². The number of amides is 2. The van der Waals surface area contributed by atoms with E-state index in [2.05, 4.69) is 36.9 Å². The Labute approximate surface area is 446 Å². The lowest BCUT2D eigenvalue weighted by Crippen LogP contribution is -2.50. The van der Waals surface area contributed by atoms with Crippen LogP contribution in [0.25, 0.3) is 44.4 Å². The molecule has 2 bridgehead atoms. The molecule has 18 heteroatoms. The number of hydrogen-bond donors (Lipinski definition) is 4. The first-order chi connectivity index (χ1) is 37.3. The normalized spacial score (nSPS) is 19.2. The summed E-state index contributed by atoms with van der Waals surface area (Å²) >= 11 is 0. The molecule has 1 saturated carbocycles. The van der Waals surface area contributed by atoms with Gasteiger partial charge in [-0.3, -0.25) is 14.6 Å². The summed E-state index contributed by atoms with van der Waals surface area (Å²) in [5, 5.41) is 37.6. The van der Waals surface area contributed by atoms with Crippen LogP contribution in [0.5, 0.6) is 17.5 Å². The average Bonchev–Trinajstić information content (AvgIpc) is 3.79. The highest BCUT2D eigenvalue weighted by Gasteiger charge is 2.42. The molecule has 2 amide bonds. The number of likely N-dealkylation sites (tertiary alicyclic amines) is 1. The Morgan fingerprint density at radius 1 is 0.948 bits per heavy atom. The Balaban J connectivity index is 0.839. The van der Waals surface area contributed by atoms with Crippen molar-refractivity contribution in [3.63, 3.8) is 0 Å². The maximum Gasteiger partial charge on any atom is 0.319 e. The summed E-state index contributed by atoms with van der Waals surface area (Å²) in [5.74, 6) is -0.0535. The number of halogens is 1. The zero-order chi connectivity index (χ0) is 53.5. The zero-order valence-corrected chi connectivity index (χ0v) is 44.0. The number of aliphatic hydroxyl groups excluding tert-OH is 1.